The zero-order valence-corrected chi connectivity index (χ0v) is 16.1. The van der Waals surface area contributed by atoms with Gasteiger partial charge >= 0.3 is 0 Å². The second-order valence-corrected chi connectivity index (χ2v) is 5.89. The molecule has 2 amide bonds. The van der Waals surface area contributed by atoms with Crippen molar-refractivity contribution in [2.75, 3.05) is 27.1 Å². The van der Waals surface area contributed by atoms with Gasteiger partial charge in [-0.2, -0.15) is 5.10 Å². The molecule has 9 heteroatoms. The third-order valence-electron chi connectivity index (χ3n) is 3.93. The summed E-state index contributed by atoms with van der Waals surface area (Å²) < 4.78 is 21.1. The summed E-state index contributed by atoms with van der Waals surface area (Å²) in [5, 5.41) is 6.40. The van der Waals surface area contributed by atoms with Crippen LogP contribution < -0.4 is 29.7 Å². The lowest BCUT2D eigenvalue weighted by Gasteiger charge is -2.09. The van der Waals surface area contributed by atoms with Gasteiger partial charge in [-0.1, -0.05) is 0 Å². The fourth-order valence-electron chi connectivity index (χ4n) is 2.56. The molecule has 2 N–H and O–H groups in total. The average Bonchev–Trinajstić information content (AvgIpc) is 3.21. The van der Waals surface area contributed by atoms with E-state index in [4.69, 9.17) is 18.9 Å². The van der Waals surface area contributed by atoms with Crippen LogP contribution in [0, 0.1) is 0 Å². The van der Waals surface area contributed by atoms with Crippen LogP contribution >= 0.6 is 0 Å². The zero-order valence-electron chi connectivity index (χ0n) is 16.1. The van der Waals surface area contributed by atoms with Gasteiger partial charge < -0.3 is 24.3 Å². The van der Waals surface area contributed by atoms with Crippen molar-refractivity contribution in [1.82, 2.24) is 10.7 Å². The van der Waals surface area contributed by atoms with Crippen LogP contribution in [-0.4, -0.2) is 45.1 Å². The first-order valence-corrected chi connectivity index (χ1v) is 8.91. The number of nitrogens with zero attached hydrogens (tertiary/aromatic N) is 1. The molecule has 152 valence electrons. The van der Waals surface area contributed by atoms with Gasteiger partial charge in [0.25, 0.3) is 11.8 Å². The second kappa shape index (κ2) is 9.45. The van der Waals surface area contributed by atoms with Crippen LogP contribution in [0.15, 0.2) is 41.5 Å². The lowest BCUT2D eigenvalue weighted by molar-refractivity contribution is -0.120. The number of hydrazone groups is 1. The van der Waals surface area contributed by atoms with E-state index in [0.717, 1.165) is 5.56 Å². The summed E-state index contributed by atoms with van der Waals surface area (Å²) in [6.07, 6.45) is 1.47. The molecule has 0 saturated heterocycles. The molecular weight excluding hydrogens is 378 g/mol. The van der Waals surface area contributed by atoms with Crippen LogP contribution in [0.5, 0.6) is 23.0 Å². The third-order valence-corrected chi connectivity index (χ3v) is 3.93. The number of carbonyl (C=O) groups is 2. The Bertz CT molecular complexity index is 928. The molecule has 1 aliphatic rings. The molecule has 0 spiro atoms. The fourth-order valence-corrected chi connectivity index (χ4v) is 2.56. The number of ether oxygens (including phenoxy) is 4. The molecule has 3 rings (SSSR count). The molecule has 1 aliphatic heterocycles. The van der Waals surface area contributed by atoms with Crippen molar-refractivity contribution in [2.24, 2.45) is 5.10 Å². The van der Waals surface area contributed by atoms with E-state index in [2.05, 4.69) is 15.8 Å². The monoisotopic (exact) mass is 399 g/mol. The van der Waals surface area contributed by atoms with Gasteiger partial charge in [-0.05, 0) is 48.9 Å². The zero-order chi connectivity index (χ0) is 20.6. The minimum Gasteiger partial charge on any atom is -0.493 e. The van der Waals surface area contributed by atoms with Crippen LogP contribution in [0.4, 0.5) is 0 Å². The van der Waals surface area contributed by atoms with Gasteiger partial charge in [-0.15, -0.1) is 0 Å². The van der Waals surface area contributed by atoms with Crippen molar-refractivity contribution in [2.45, 2.75) is 6.92 Å². The van der Waals surface area contributed by atoms with Gasteiger partial charge in [-0.3, -0.25) is 9.59 Å². The topological polar surface area (TPSA) is 107 Å². The van der Waals surface area contributed by atoms with Crippen molar-refractivity contribution in [1.29, 1.82) is 0 Å². The van der Waals surface area contributed by atoms with E-state index < -0.39 is 11.8 Å². The summed E-state index contributed by atoms with van der Waals surface area (Å²) >= 11 is 0. The number of fused-ring (bicyclic) bond motifs is 1. The summed E-state index contributed by atoms with van der Waals surface area (Å²) in [5.74, 6) is 1.41. The molecule has 0 unspecified atom stereocenters. The molecule has 0 atom stereocenters. The van der Waals surface area contributed by atoms with Crippen molar-refractivity contribution in [3.63, 3.8) is 0 Å². The maximum atomic E-state index is 12.1. The molecule has 0 radical (unpaired) electrons. The number of carbonyl (C=O) groups excluding carboxylic acids is 2. The molecule has 29 heavy (non-hydrogen) atoms. The molecule has 0 aliphatic carbocycles. The van der Waals surface area contributed by atoms with Crippen molar-refractivity contribution < 1.29 is 28.5 Å². The molecule has 1 heterocycles. The SMILES string of the molecule is CCOc1ccc(/C=N/NC(=O)CNC(=O)c2ccc3c(c2)OCO3)cc1OC. The fraction of sp³-hybridized carbons (Fsp3) is 0.250. The van der Waals surface area contributed by atoms with E-state index in [1.54, 1.807) is 43.5 Å². The Kier molecular flexibility index (Phi) is 6.51. The van der Waals surface area contributed by atoms with E-state index in [1.165, 1.54) is 6.21 Å². The number of nitrogens with one attached hydrogen (secondary N) is 2. The molecule has 0 fully saturated rings. The first-order valence-electron chi connectivity index (χ1n) is 8.91. The van der Waals surface area contributed by atoms with Crippen molar-refractivity contribution in [3.05, 3.63) is 47.5 Å². The van der Waals surface area contributed by atoms with E-state index in [1.807, 2.05) is 6.92 Å². The van der Waals surface area contributed by atoms with Crippen LogP contribution in [0.25, 0.3) is 0 Å². The molecule has 9 nitrogen and oxygen atoms in total. The Morgan fingerprint density at radius 3 is 2.76 bits per heavy atom. The van der Waals surface area contributed by atoms with Crippen LogP contribution in [0.3, 0.4) is 0 Å². The maximum Gasteiger partial charge on any atom is 0.259 e. The first-order chi connectivity index (χ1) is 14.1. The molecule has 0 bridgehead atoms. The Morgan fingerprint density at radius 1 is 1.14 bits per heavy atom. The second-order valence-electron chi connectivity index (χ2n) is 5.89. The van der Waals surface area contributed by atoms with Gasteiger partial charge in [0.1, 0.15) is 0 Å². The van der Waals surface area contributed by atoms with E-state index in [-0.39, 0.29) is 13.3 Å². The highest BCUT2D eigenvalue weighted by Gasteiger charge is 2.16. The smallest absolute Gasteiger partial charge is 0.259 e. The summed E-state index contributed by atoms with van der Waals surface area (Å²) in [4.78, 5) is 24.0. The van der Waals surface area contributed by atoms with Gasteiger partial charge in [0.15, 0.2) is 23.0 Å². The Labute approximate surface area is 167 Å². The van der Waals surface area contributed by atoms with Crippen molar-refractivity contribution >= 4 is 18.0 Å². The summed E-state index contributed by atoms with van der Waals surface area (Å²) in [6, 6.07) is 10.1. The van der Waals surface area contributed by atoms with E-state index >= 15 is 0 Å². The Morgan fingerprint density at radius 2 is 1.97 bits per heavy atom. The average molecular weight is 399 g/mol. The largest absolute Gasteiger partial charge is 0.493 e. The predicted molar refractivity (Wildman–Crippen MR) is 105 cm³/mol. The molecule has 0 saturated carbocycles. The molecule has 2 aromatic carbocycles. The Balaban J connectivity index is 1.49. The highest BCUT2D eigenvalue weighted by molar-refractivity contribution is 5.97. The summed E-state index contributed by atoms with van der Waals surface area (Å²) in [5.41, 5.74) is 3.44. The minimum atomic E-state index is -0.465. The quantitative estimate of drug-likeness (QED) is 0.517. The lowest BCUT2D eigenvalue weighted by atomic mass is 10.2. The Hall–Kier alpha value is -3.75. The number of benzene rings is 2. The number of hydrogen-bond acceptors (Lipinski definition) is 7. The highest BCUT2D eigenvalue weighted by atomic mass is 16.7. The number of methoxy groups -OCH3 is 1. The number of hydrogen-bond donors (Lipinski definition) is 2. The van der Waals surface area contributed by atoms with Crippen molar-refractivity contribution in [3.8, 4) is 23.0 Å². The van der Waals surface area contributed by atoms with Gasteiger partial charge in [0.05, 0.1) is 26.5 Å². The van der Waals surface area contributed by atoms with Gasteiger partial charge in [-0.25, -0.2) is 5.43 Å². The highest BCUT2D eigenvalue weighted by Crippen LogP contribution is 2.32. The minimum absolute atomic E-state index is 0.126. The predicted octanol–water partition coefficient (Wildman–Crippen LogP) is 1.70. The standard InChI is InChI=1S/C20H21N3O6/c1-3-27-15-6-4-13(8-17(15)26-2)10-22-23-19(24)11-21-20(25)14-5-7-16-18(9-14)29-12-28-16/h4-10H,3,11-12H2,1-2H3,(H,21,25)(H,23,24)/b22-10+. The summed E-state index contributed by atoms with van der Waals surface area (Å²) in [6.45, 7) is 2.31. The third kappa shape index (κ3) is 5.16. The molecular formula is C20H21N3O6. The lowest BCUT2D eigenvalue weighted by Crippen LogP contribution is -2.34. The molecule has 2 aromatic rings. The number of amides is 2. The van der Waals surface area contributed by atoms with Gasteiger partial charge in [0.2, 0.25) is 6.79 Å². The maximum absolute atomic E-state index is 12.1. The first kappa shape index (κ1) is 20.0. The van der Waals surface area contributed by atoms with Crippen LogP contribution in [0.2, 0.25) is 0 Å². The molecule has 0 aromatic heterocycles. The van der Waals surface area contributed by atoms with Crippen LogP contribution in [-0.2, 0) is 4.79 Å². The normalized spacial score (nSPS) is 11.9. The van der Waals surface area contributed by atoms with Gasteiger partial charge in [0, 0.05) is 5.56 Å². The number of rotatable bonds is 8. The summed E-state index contributed by atoms with van der Waals surface area (Å²) in [7, 11) is 1.55. The van der Waals surface area contributed by atoms with E-state index in [0.29, 0.717) is 35.2 Å². The van der Waals surface area contributed by atoms with Crippen LogP contribution in [0.1, 0.15) is 22.8 Å². The van der Waals surface area contributed by atoms with E-state index in [9.17, 15) is 9.59 Å².